The second-order valence-corrected chi connectivity index (χ2v) is 8.49. The summed E-state index contributed by atoms with van der Waals surface area (Å²) in [5, 5.41) is 0.702. The van der Waals surface area contributed by atoms with Crippen molar-refractivity contribution in [3.05, 3.63) is 80.6 Å². The lowest BCUT2D eigenvalue weighted by atomic mass is 9.98. The van der Waals surface area contributed by atoms with E-state index in [1.165, 1.54) is 4.57 Å². The number of aromatic nitrogens is 3. The number of oxazole rings is 1. The van der Waals surface area contributed by atoms with E-state index in [0.717, 1.165) is 29.9 Å². The topological polar surface area (TPSA) is 81.2 Å². The Kier molecular flexibility index (Phi) is 6.23. The van der Waals surface area contributed by atoms with E-state index in [9.17, 15) is 9.59 Å². The molecule has 1 saturated heterocycles. The van der Waals surface area contributed by atoms with Crippen LogP contribution in [0.5, 0.6) is 0 Å². The van der Waals surface area contributed by atoms with Gasteiger partial charge in [-0.3, -0.25) is 9.36 Å². The maximum absolute atomic E-state index is 12.9. The molecule has 1 amide bonds. The third-order valence-electron chi connectivity index (χ3n) is 5.63. The van der Waals surface area contributed by atoms with E-state index in [1.54, 1.807) is 18.0 Å². The fourth-order valence-electron chi connectivity index (χ4n) is 4.00. The summed E-state index contributed by atoms with van der Waals surface area (Å²) in [7, 11) is 0. The minimum absolute atomic E-state index is 0.00192. The average Bonchev–Trinajstić information content (AvgIpc) is 3.21. The van der Waals surface area contributed by atoms with Gasteiger partial charge in [0.25, 0.3) is 0 Å². The summed E-state index contributed by atoms with van der Waals surface area (Å²) < 4.78 is 7.43. The van der Waals surface area contributed by atoms with Crippen LogP contribution in [0.2, 0.25) is 5.02 Å². The van der Waals surface area contributed by atoms with Crippen LogP contribution >= 0.6 is 11.6 Å². The molecule has 8 heteroatoms. The molecule has 1 aliphatic heterocycles. The fraction of sp³-hybridized carbons (Fsp3) is 0.391. The summed E-state index contributed by atoms with van der Waals surface area (Å²) in [5.74, 6) is 1.40. The first-order valence-electron chi connectivity index (χ1n) is 10.4. The molecule has 0 bridgehead atoms. The predicted molar refractivity (Wildman–Crippen MR) is 117 cm³/mol. The highest BCUT2D eigenvalue weighted by molar-refractivity contribution is 6.30. The number of hydrogen-bond acceptors (Lipinski definition) is 5. The second kappa shape index (κ2) is 9.06. The lowest BCUT2D eigenvalue weighted by molar-refractivity contribution is -0.133. The molecule has 0 radical (unpaired) electrons. The molecule has 0 spiro atoms. The Morgan fingerprint density at radius 1 is 1.26 bits per heavy atom. The van der Waals surface area contributed by atoms with Gasteiger partial charge in [-0.2, -0.15) is 4.98 Å². The zero-order valence-electron chi connectivity index (χ0n) is 17.7. The van der Waals surface area contributed by atoms with Crippen LogP contribution in [0.15, 0.2) is 45.7 Å². The molecule has 1 aliphatic rings. The average molecular weight is 441 g/mol. The van der Waals surface area contributed by atoms with Crippen molar-refractivity contribution in [3.63, 3.8) is 0 Å². The lowest BCUT2D eigenvalue weighted by Crippen LogP contribution is -2.42. The Morgan fingerprint density at radius 2 is 2.03 bits per heavy atom. The molecule has 0 aliphatic carbocycles. The number of halogens is 1. The summed E-state index contributed by atoms with van der Waals surface area (Å²) in [5.41, 5.74) is 2.10. The molecular weight excluding hydrogens is 416 g/mol. The van der Waals surface area contributed by atoms with E-state index in [4.69, 9.17) is 16.0 Å². The summed E-state index contributed by atoms with van der Waals surface area (Å²) in [4.78, 5) is 35.3. The molecule has 162 valence electrons. The smallest absolute Gasteiger partial charge is 0.348 e. The third-order valence-corrected chi connectivity index (χ3v) is 5.88. The SMILES string of the molecule is Cc1cc(C)n(CC(=O)N2CCC[C@H](c3ncc(Cc4ccc(Cl)cc4)o3)C2)c(=O)n1. The molecular formula is C23H25ClN4O3. The highest BCUT2D eigenvalue weighted by Gasteiger charge is 2.28. The Labute approximate surface area is 185 Å². The van der Waals surface area contributed by atoms with Gasteiger partial charge in [0.05, 0.1) is 12.1 Å². The number of carbonyl (C=O) groups is 1. The van der Waals surface area contributed by atoms with Gasteiger partial charge in [0, 0.05) is 35.9 Å². The van der Waals surface area contributed by atoms with Crippen LogP contribution in [0.25, 0.3) is 0 Å². The van der Waals surface area contributed by atoms with Crippen LogP contribution in [0.4, 0.5) is 0 Å². The Balaban J connectivity index is 1.42. The van der Waals surface area contributed by atoms with Gasteiger partial charge < -0.3 is 9.32 Å². The lowest BCUT2D eigenvalue weighted by Gasteiger charge is -2.31. The first-order chi connectivity index (χ1) is 14.9. The van der Waals surface area contributed by atoms with Crippen LogP contribution in [-0.4, -0.2) is 38.4 Å². The predicted octanol–water partition coefficient (Wildman–Crippen LogP) is 3.50. The number of piperidine rings is 1. The number of benzene rings is 1. The molecule has 3 heterocycles. The van der Waals surface area contributed by atoms with Crippen molar-refractivity contribution in [1.29, 1.82) is 0 Å². The number of hydrogen-bond donors (Lipinski definition) is 0. The standard InChI is InChI=1S/C23H25ClN4O3/c1-15-10-16(2)28(23(30)26-15)14-21(29)27-9-3-4-18(13-27)22-25-12-20(31-22)11-17-5-7-19(24)8-6-17/h5-8,10,12,18H,3-4,9,11,13-14H2,1-2H3/t18-/m0/s1. The van der Waals surface area contributed by atoms with Crippen molar-refractivity contribution in [1.82, 2.24) is 19.4 Å². The van der Waals surface area contributed by atoms with Crippen LogP contribution in [-0.2, 0) is 17.8 Å². The number of likely N-dealkylation sites (tertiary alicyclic amines) is 1. The van der Waals surface area contributed by atoms with Crippen LogP contribution in [0.3, 0.4) is 0 Å². The second-order valence-electron chi connectivity index (χ2n) is 8.05. The van der Waals surface area contributed by atoms with Crippen LogP contribution < -0.4 is 5.69 Å². The molecule has 1 fully saturated rings. The molecule has 1 atom stereocenters. The molecule has 0 saturated carbocycles. The Bertz CT molecular complexity index is 1140. The van der Waals surface area contributed by atoms with E-state index in [1.807, 2.05) is 37.3 Å². The van der Waals surface area contributed by atoms with Gasteiger partial charge in [-0.05, 0) is 50.5 Å². The maximum Gasteiger partial charge on any atom is 0.348 e. The van der Waals surface area contributed by atoms with Crippen LogP contribution in [0, 0.1) is 13.8 Å². The van der Waals surface area contributed by atoms with E-state index < -0.39 is 0 Å². The molecule has 0 unspecified atom stereocenters. The first kappa shape index (κ1) is 21.3. The van der Waals surface area contributed by atoms with Crippen molar-refractivity contribution < 1.29 is 9.21 Å². The van der Waals surface area contributed by atoms with Crippen molar-refractivity contribution in [2.75, 3.05) is 13.1 Å². The minimum Gasteiger partial charge on any atom is -0.445 e. The van der Waals surface area contributed by atoms with Crippen molar-refractivity contribution in [2.45, 2.75) is 45.6 Å². The van der Waals surface area contributed by atoms with E-state index >= 15 is 0 Å². The normalized spacial score (nSPS) is 16.5. The summed E-state index contributed by atoms with van der Waals surface area (Å²) in [6.45, 7) is 4.79. The quantitative estimate of drug-likeness (QED) is 0.606. The van der Waals surface area contributed by atoms with Crippen LogP contribution in [0.1, 0.15) is 47.4 Å². The number of rotatable bonds is 5. The minimum atomic E-state index is -0.390. The van der Waals surface area contributed by atoms with Gasteiger partial charge in [0.1, 0.15) is 12.3 Å². The highest BCUT2D eigenvalue weighted by Crippen LogP contribution is 2.27. The van der Waals surface area contributed by atoms with Gasteiger partial charge in [-0.15, -0.1) is 0 Å². The number of carbonyl (C=O) groups excluding carboxylic acids is 1. The molecule has 1 aromatic carbocycles. The third kappa shape index (κ3) is 5.05. The van der Waals surface area contributed by atoms with E-state index in [2.05, 4.69) is 9.97 Å². The monoisotopic (exact) mass is 440 g/mol. The Morgan fingerprint density at radius 3 is 2.77 bits per heavy atom. The van der Waals surface area contributed by atoms with Gasteiger partial charge in [0.15, 0.2) is 5.89 Å². The zero-order chi connectivity index (χ0) is 22.0. The van der Waals surface area contributed by atoms with E-state index in [0.29, 0.717) is 36.1 Å². The van der Waals surface area contributed by atoms with Gasteiger partial charge in [-0.25, -0.2) is 9.78 Å². The fourth-order valence-corrected chi connectivity index (χ4v) is 4.13. The number of aryl methyl sites for hydroxylation is 2. The van der Waals surface area contributed by atoms with E-state index in [-0.39, 0.29) is 24.1 Å². The molecule has 31 heavy (non-hydrogen) atoms. The molecule has 0 N–H and O–H groups in total. The van der Waals surface area contributed by atoms with Crippen molar-refractivity contribution in [3.8, 4) is 0 Å². The van der Waals surface area contributed by atoms with Crippen molar-refractivity contribution >= 4 is 17.5 Å². The van der Waals surface area contributed by atoms with Gasteiger partial charge in [-0.1, -0.05) is 23.7 Å². The highest BCUT2D eigenvalue weighted by atomic mass is 35.5. The molecule has 3 aromatic rings. The number of amides is 1. The van der Waals surface area contributed by atoms with Crippen molar-refractivity contribution in [2.24, 2.45) is 0 Å². The summed E-state index contributed by atoms with van der Waals surface area (Å²) >= 11 is 5.94. The Hall–Kier alpha value is -2.93. The maximum atomic E-state index is 12.9. The molecule has 4 rings (SSSR count). The summed E-state index contributed by atoms with van der Waals surface area (Å²) in [6.07, 6.45) is 4.18. The van der Waals surface area contributed by atoms with Gasteiger partial charge >= 0.3 is 5.69 Å². The molecule has 7 nitrogen and oxygen atoms in total. The first-order valence-corrected chi connectivity index (χ1v) is 10.8. The van der Waals surface area contributed by atoms with Gasteiger partial charge in [0.2, 0.25) is 5.91 Å². The zero-order valence-corrected chi connectivity index (χ0v) is 18.4. The molecule has 2 aromatic heterocycles. The largest absolute Gasteiger partial charge is 0.445 e. The summed E-state index contributed by atoms with van der Waals surface area (Å²) in [6, 6.07) is 9.46. The number of nitrogens with zero attached hydrogens (tertiary/aromatic N) is 4.